The zero-order valence-corrected chi connectivity index (χ0v) is 56.5. The van der Waals surface area contributed by atoms with Crippen LogP contribution in [0.4, 0.5) is 0 Å². The van der Waals surface area contributed by atoms with Crippen molar-refractivity contribution in [3.05, 3.63) is 0 Å². The van der Waals surface area contributed by atoms with Gasteiger partial charge in [-0.2, -0.15) is 0 Å². The normalized spacial score (nSPS) is 14.2. The minimum atomic E-state index is -4.95. The molecule has 0 amide bonds. The Labute approximate surface area is 517 Å². The number of carbonyl (C=O) groups excluding carboxylic acids is 4. The molecule has 0 bridgehead atoms. The molecule has 0 aromatic heterocycles. The molecule has 17 nitrogen and oxygen atoms in total. The van der Waals surface area contributed by atoms with Gasteiger partial charge in [-0.3, -0.25) is 37.3 Å². The topological polar surface area (TPSA) is 237 Å². The van der Waals surface area contributed by atoms with Crippen LogP contribution in [0.3, 0.4) is 0 Å². The number of hydrogen-bond donors (Lipinski definition) is 3. The molecule has 504 valence electrons. The third kappa shape index (κ3) is 60.7. The molecule has 0 aliphatic rings. The Morgan fingerprint density at radius 3 is 0.800 bits per heavy atom. The van der Waals surface area contributed by atoms with Crippen LogP contribution in [0.1, 0.15) is 336 Å². The number of unbranched alkanes of at least 4 members (excludes halogenated alkanes) is 38. The van der Waals surface area contributed by atoms with Crippen LogP contribution in [0.2, 0.25) is 0 Å². The number of aliphatic hydroxyl groups is 1. The van der Waals surface area contributed by atoms with Crippen LogP contribution >= 0.6 is 15.6 Å². The Morgan fingerprint density at radius 2 is 0.541 bits per heavy atom. The lowest BCUT2D eigenvalue weighted by Gasteiger charge is -2.21. The van der Waals surface area contributed by atoms with Crippen LogP contribution in [-0.4, -0.2) is 96.7 Å². The predicted octanol–water partition coefficient (Wildman–Crippen LogP) is 18.6. The molecular weight excluding hydrogens is 1130 g/mol. The van der Waals surface area contributed by atoms with E-state index in [0.29, 0.717) is 25.7 Å². The summed E-state index contributed by atoms with van der Waals surface area (Å²) >= 11 is 0. The van der Waals surface area contributed by atoms with Crippen molar-refractivity contribution in [1.82, 2.24) is 0 Å². The molecule has 0 radical (unpaired) electrons. The fourth-order valence-corrected chi connectivity index (χ4v) is 11.5. The number of esters is 4. The summed E-state index contributed by atoms with van der Waals surface area (Å²) in [7, 11) is -9.88. The quantitative estimate of drug-likeness (QED) is 0.0222. The SMILES string of the molecule is CCCCCCCCCCCCCCC(=O)OC[C@H](COP(=O)(O)OC[C@@H](O)COP(=O)(O)OC[C@@H](COC(=O)CCCCCCCCC)OC(=O)CCCCCCCCCCCC)OC(=O)CCCCCCCCCCCCCCCC(C)C. The lowest BCUT2D eigenvalue weighted by molar-refractivity contribution is -0.161. The van der Waals surface area contributed by atoms with Gasteiger partial charge in [-0.25, -0.2) is 9.13 Å². The molecule has 0 heterocycles. The summed E-state index contributed by atoms with van der Waals surface area (Å²) in [5.74, 6) is -1.35. The van der Waals surface area contributed by atoms with Gasteiger partial charge >= 0.3 is 39.5 Å². The van der Waals surface area contributed by atoms with Gasteiger partial charge < -0.3 is 33.8 Å². The van der Waals surface area contributed by atoms with E-state index in [9.17, 15) is 43.2 Å². The molecule has 0 fully saturated rings. The van der Waals surface area contributed by atoms with Crippen LogP contribution in [0.15, 0.2) is 0 Å². The van der Waals surface area contributed by atoms with E-state index in [1.54, 1.807) is 0 Å². The Balaban J connectivity index is 5.20. The predicted molar refractivity (Wildman–Crippen MR) is 340 cm³/mol. The zero-order chi connectivity index (χ0) is 62.8. The lowest BCUT2D eigenvalue weighted by Crippen LogP contribution is -2.30. The van der Waals surface area contributed by atoms with Gasteiger partial charge in [0.15, 0.2) is 12.2 Å². The van der Waals surface area contributed by atoms with E-state index in [4.69, 9.17) is 37.0 Å². The minimum absolute atomic E-state index is 0.106. The van der Waals surface area contributed by atoms with Gasteiger partial charge in [-0.05, 0) is 31.6 Å². The third-order valence-electron chi connectivity index (χ3n) is 15.3. The molecule has 19 heteroatoms. The van der Waals surface area contributed by atoms with Gasteiger partial charge in [0.2, 0.25) is 0 Å². The van der Waals surface area contributed by atoms with Crippen LogP contribution in [0, 0.1) is 5.92 Å². The second-order valence-corrected chi connectivity index (χ2v) is 27.2. The summed E-state index contributed by atoms with van der Waals surface area (Å²) in [6.45, 7) is 7.18. The third-order valence-corrected chi connectivity index (χ3v) is 17.2. The highest BCUT2D eigenvalue weighted by molar-refractivity contribution is 7.47. The van der Waals surface area contributed by atoms with Gasteiger partial charge in [0.1, 0.15) is 19.3 Å². The Bertz CT molecular complexity index is 1650. The zero-order valence-electron chi connectivity index (χ0n) is 54.7. The van der Waals surface area contributed by atoms with Crippen molar-refractivity contribution in [1.29, 1.82) is 0 Å². The lowest BCUT2D eigenvalue weighted by atomic mass is 10.0. The number of ether oxygens (including phenoxy) is 4. The minimum Gasteiger partial charge on any atom is -0.462 e. The van der Waals surface area contributed by atoms with Crippen molar-refractivity contribution in [2.24, 2.45) is 5.92 Å². The van der Waals surface area contributed by atoms with Gasteiger partial charge in [0, 0.05) is 25.7 Å². The largest absolute Gasteiger partial charge is 0.472 e. The Hall–Kier alpha value is -1.94. The highest BCUT2D eigenvalue weighted by atomic mass is 31.2. The molecule has 2 unspecified atom stereocenters. The first-order valence-corrected chi connectivity index (χ1v) is 37.6. The fraction of sp³-hybridized carbons (Fsp3) is 0.939. The van der Waals surface area contributed by atoms with E-state index < -0.39 is 97.5 Å². The van der Waals surface area contributed by atoms with Gasteiger partial charge in [0.05, 0.1) is 26.4 Å². The van der Waals surface area contributed by atoms with E-state index in [0.717, 1.165) is 109 Å². The van der Waals surface area contributed by atoms with E-state index in [2.05, 4.69) is 34.6 Å². The molecule has 0 aromatic rings. The molecule has 85 heavy (non-hydrogen) atoms. The molecule has 5 atom stereocenters. The Kier molecular flexibility index (Phi) is 58.3. The van der Waals surface area contributed by atoms with Crippen molar-refractivity contribution >= 4 is 39.5 Å². The maximum atomic E-state index is 13.0. The molecule has 0 spiro atoms. The molecule has 3 N–H and O–H groups in total. The van der Waals surface area contributed by atoms with Crippen molar-refractivity contribution in [2.45, 2.75) is 355 Å². The summed E-state index contributed by atoms with van der Waals surface area (Å²) in [6.07, 6.45) is 44.4. The van der Waals surface area contributed by atoms with Crippen molar-refractivity contribution in [2.75, 3.05) is 39.6 Å². The average Bonchev–Trinajstić information content (AvgIpc) is 3.58. The summed E-state index contributed by atoms with van der Waals surface area (Å²) in [5.41, 5.74) is 0. The number of phosphoric acid groups is 2. The van der Waals surface area contributed by atoms with Crippen LogP contribution < -0.4 is 0 Å². The monoisotopic (exact) mass is 1250 g/mol. The summed E-state index contributed by atoms with van der Waals surface area (Å²) in [5, 5.41) is 10.5. The molecule has 0 saturated heterocycles. The van der Waals surface area contributed by atoms with Gasteiger partial charge in [-0.15, -0.1) is 0 Å². The summed E-state index contributed by atoms with van der Waals surface area (Å²) in [6, 6.07) is 0. The number of hydrogen-bond acceptors (Lipinski definition) is 15. The number of phosphoric ester groups is 2. The molecule has 0 aliphatic heterocycles. The van der Waals surface area contributed by atoms with Crippen molar-refractivity contribution in [3.63, 3.8) is 0 Å². The first-order valence-electron chi connectivity index (χ1n) is 34.6. The van der Waals surface area contributed by atoms with Crippen molar-refractivity contribution in [3.8, 4) is 0 Å². The first-order chi connectivity index (χ1) is 41.0. The highest BCUT2D eigenvalue weighted by Crippen LogP contribution is 2.45. The highest BCUT2D eigenvalue weighted by Gasteiger charge is 2.30. The molecule has 0 rings (SSSR count). The summed E-state index contributed by atoms with van der Waals surface area (Å²) in [4.78, 5) is 72.2. The average molecular weight is 1260 g/mol. The second kappa shape index (κ2) is 59.7. The molecule has 0 saturated carbocycles. The summed E-state index contributed by atoms with van der Waals surface area (Å²) < 4.78 is 68.0. The van der Waals surface area contributed by atoms with E-state index >= 15 is 0 Å². The standard InChI is InChI=1S/C66H128O17P2/c1-6-9-12-15-18-20-22-27-31-35-40-45-50-64(69)77-56-62(83-66(71)52-47-42-37-32-28-25-23-24-26-29-34-38-43-48-59(4)5)58-81-85(74,75)79-54-60(67)53-78-84(72,73)80-57-61(55-76-63(68)49-44-39-33-17-14-11-8-3)82-65(70)51-46-41-36-30-21-19-16-13-10-7-2/h59-62,67H,6-58H2,1-5H3,(H,72,73)(H,74,75)/t60-,61+,62+/m0/s1. The van der Waals surface area contributed by atoms with Gasteiger partial charge in [0.25, 0.3) is 0 Å². The van der Waals surface area contributed by atoms with E-state index in [-0.39, 0.29) is 25.7 Å². The molecule has 0 aliphatic carbocycles. The first kappa shape index (κ1) is 83.1. The van der Waals surface area contributed by atoms with E-state index in [1.807, 2.05) is 0 Å². The van der Waals surface area contributed by atoms with Crippen LogP contribution in [0.5, 0.6) is 0 Å². The fourth-order valence-electron chi connectivity index (χ4n) is 9.94. The smallest absolute Gasteiger partial charge is 0.462 e. The van der Waals surface area contributed by atoms with Gasteiger partial charge in [-0.1, -0.05) is 285 Å². The maximum Gasteiger partial charge on any atom is 0.472 e. The maximum absolute atomic E-state index is 13.0. The Morgan fingerprint density at radius 1 is 0.318 bits per heavy atom. The van der Waals surface area contributed by atoms with Crippen molar-refractivity contribution < 1.29 is 80.2 Å². The van der Waals surface area contributed by atoms with E-state index in [1.165, 1.54) is 148 Å². The molecule has 0 aromatic carbocycles. The second-order valence-electron chi connectivity index (χ2n) is 24.3. The molecular formula is C66H128O17P2. The van der Waals surface area contributed by atoms with Crippen LogP contribution in [0.25, 0.3) is 0 Å². The van der Waals surface area contributed by atoms with Crippen LogP contribution in [-0.2, 0) is 65.4 Å². The number of aliphatic hydroxyl groups excluding tert-OH is 1. The number of rotatable bonds is 66. The number of carbonyl (C=O) groups is 4.